The van der Waals surface area contributed by atoms with Crippen molar-refractivity contribution >= 4 is 10.9 Å². The van der Waals surface area contributed by atoms with Crippen LogP contribution in [-0.4, -0.2) is 4.98 Å². The molecule has 1 N–H and O–H groups in total. The molecule has 1 heteroatoms. The first kappa shape index (κ1) is 13.2. The largest absolute Gasteiger partial charge is 0.358 e. The lowest BCUT2D eigenvalue weighted by atomic mass is 9.78. The second kappa shape index (κ2) is 5.60. The van der Waals surface area contributed by atoms with Gasteiger partial charge in [0.2, 0.25) is 0 Å². The van der Waals surface area contributed by atoms with Gasteiger partial charge in [0, 0.05) is 11.2 Å². The number of hydrogen-bond donors (Lipinski definition) is 1. The van der Waals surface area contributed by atoms with Crippen LogP contribution in [-0.2, 0) is 6.42 Å². The molecule has 0 aliphatic heterocycles. The average molecular weight is 242 g/mol. The molecule has 18 heavy (non-hydrogen) atoms. The number of fused-ring (bicyclic) bond motifs is 1. The van der Waals surface area contributed by atoms with E-state index in [-0.39, 0.29) is 0 Å². The van der Waals surface area contributed by atoms with E-state index < -0.39 is 0 Å². The Hall–Kier alpha value is -1.24. The van der Waals surface area contributed by atoms with Gasteiger partial charge in [-0.2, -0.15) is 0 Å². The molecule has 97 valence electrons. The van der Waals surface area contributed by atoms with E-state index in [0.29, 0.717) is 5.41 Å². The maximum absolute atomic E-state index is 3.55. The molecule has 1 unspecified atom stereocenters. The highest BCUT2D eigenvalue weighted by Gasteiger charge is 2.22. The van der Waals surface area contributed by atoms with E-state index in [0.717, 1.165) is 6.42 Å². The summed E-state index contributed by atoms with van der Waals surface area (Å²) in [6.07, 6.45) is 7.14. The molecule has 1 heterocycles. The van der Waals surface area contributed by atoms with Crippen molar-refractivity contribution in [2.45, 2.75) is 46.5 Å². The third-order valence-corrected chi connectivity index (χ3v) is 4.09. The van der Waals surface area contributed by atoms with Crippen LogP contribution in [0.1, 0.15) is 45.7 Å². The molecule has 0 amide bonds. The zero-order valence-electron chi connectivity index (χ0n) is 11.8. The predicted octanol–water partition coefficient (Wildman–Crippen LogP) is 5.13. The SMILES string of the molecule is C[CH]CCC(C)(CC)Cc1cc2ccccc2[nH]1. The minimum atomic E-state index is 0.410. The van der Waals surface area contributed by atoms with Gasteiger partial charge in [-0.1, -0.05) is 45.4 Å². The van der Waals surface area contributed by atoms with Gasteiger partial charge >= 0.3 is 0 Å². The van der Waals surface area contributed by atoms with Gasteiger partial charge in [-0.3, -0.25) is 0 Å². The van der Waals surface area contributed by atoms with E-state index in [2.05, 4.69) is 62.5 Å². The Morgan fingerprint density at radius 1 is 1.28 bits per heavy atom. The van der Waals surface area contributed by atoms with Gasteiger partial charge in [-0.25, -0.2) is 0 Å². The molecule has 0 aliphatic carbocycles. The first-order chi connectivity index (χ1) is 8.67. The standard InChI is InChI=1S/C17H24N/c1-4-6-11-17(3,5-2)13-15-12-14-9-7-8-10-16(14)18-15/h4,7-10,12,18H,5-6,11,13H2,1-3H3. The van der Waals surface area contributed by atoms with Crippen LogP contribution >= 0.6 is 0 Å². The van der Waals surface area contributed by atoms with Crippen molar-refractivity contribution in [2.24, 2.45) is 5.41 Å². The Morgan fingerprint density at radius 2 is 2.06 bits per heavy atom. The predicted molar refractivity (Wildman–Crippen MR) is 79.6 cm³/mol. The summed E-state index contributed by atoms with van der Waals surface area (Å²) in [6, 6.07) is 10.8. The van der Waals surface area contributed by atoms with E-state index in [4.69, 9.17) is 0 Å². The van der Waals surface area contributed by atoms with Crippen LogP contribution in [0.2, 0.25) is 0 Å². The van der Waals surface area contributed by atoms with Crippen molar-refractivity contribution in [2.75, 3.05) is 0 Å². The Kier molecular flexibility index (Phi) is 4.11. The van der Waals surface area contributed by atoms with Gasteiger partial charge < -0.3 is 4.98 Å². The van der Waals surface area contributed by atoms with Crippen molar-refractivity contribution in [3.63, 3.8) is 0 Å². The lowest BCUT2D eigenvalue weighted by Crippen LogP contribution is -2.18. The lowest BCUT2D eigenvalue weighted by Gasteiger charge is -2.27. The molecular weight excluding hydrogens is 218 g/mol. The fourth-order valence-electron chi connectivity index (χ4n) is 2.57. The summed E-state index contributed by atoms with van der Waals surface area (Å²) in [4.78, 5) is 3.55. The molecule has 0 saturated heterocycles. The van der Waals surface area contributed by atoms with Crippen LogP contribution in [0.25, 0.3) is 10.9 Å². The van der Waals surface area contributed by atoms with E-state index in [9.17, 15) is 0 Å². The zero-order chi connectivity index (χ0) is 13.0. The van der Waals surface area contributed by atoms with Gasteiger partial charge in [-0.15, -0.1) is 0 Å². The third-order valence-electron chi connectivity index (χ3n) is 4.09. The monoisotopic (exact) mass is 242 g/mol. The highest BCUT2D eigenvalue weighted by Crippen LogP contribution is 2.32. The van der Waals surface area contributed by atoms with E-state index in [1.807, 2.05) is 0 Å². The number of hydrogen-bond acceptors (Lipinski definition) is 0. The molecule has 0 saturated carbocycles. The fraction of sp³-hybridized carbons (Fsp3) is 0.471. The molecule has 2 rings (SSSR count). The molecule has 2 aromatic rings. The molecule has 1 atom stereocenters. The van der Waals surface area contributed by atoms with Gasteiger partial charge in [-0.05, 0) is 48.6 Å². The maximum Gasteiger partial charge on any atom is 0.0456 e. The van der Waals surface area contributed by atoms with E-state index in [1.165, 1.54) is 35.9 Å². The average Bonchev–Trinajstić information content (AvgIpc) is 2.78. The second-order valence-corrected chi connectivity index (χ2v) is 5.67. The van der Waals surface area contributed by atoms with E-state index >= 15 is 0 Å². The van der Waals surface area contributed by atoms with Crippen molar-refractivity contribution in [3.05, 3.63) is 42.4 Å². The van der Waals surface area contributed by atoms with Crippen LogP contribution in [0.3, 0.4) is 0 Å². The third kappa shape index (κ3) is 2.95. The Labute approximate surface area is 111 Å². The molecule has 0 aliphatic rings. The Bertz CT molecular complexity index is 464. The summed E-state index contributed by atoms with van der Waals surface area (Å²) < 4.78 is 0. The Balaban J connectivity index is 2.15. The van der Waals surface area contributed by atoms with Crippen LogP contribution in [0.5, 0.6) is 0 Å². The molecular formula is C17H24N. The van der Waals surface area contributed by atoms with Gasteiger partial charge in [0.25, 0.3) is 0 Å². The zero-order valence-corrected chi connectivity index (χ0v) is 11.8. The topological polar surface area (TPSA) is 15.8 Å². The summed E-state index contributed by atoms with van der Waals surface area (Å²) >= 11 is 0. The van der Waals surface area contributed by atoms with Gasteiger partial charge in [0.1, 0.15) is 0 Å². The first-order valence-electron chi connectivity index (χ1n) is 7.01. The number of aromatic nitrogens is 1. The number of aromatic amines is 1. The quantitative estimate of drug-likeness (QED) is 0.722. The highest BCUT2D eigenvalue weighted by atomic mass is 14.7. The van der Waals surface area contributed by atoms with Crippen molar-refractivity contribution in [3.8, 4) is 0 Å². The van der Waals surface area contributed by atoms with Crippen LogP contribution < -0.4 is 0 Å². The first-order valence-corrected chi connectivity index (χ1v) is 7.01. The minimum Gasteiger partial charge on any atom is -0.358 e. The molecule has 1 aromatic carbocycles. The number of para-hydroxylation sites is 1. The summed E-state index contributed by atoms with van der Waals surface area (Å²) in [7, 11) is 0. The van der Waals surface area contributed by atoms with Crippen molar-refractivity contribution in [1.29, 1.82) is 0 Å². The summed E-state index contributed by atoms with van der Waals surface area (Å²) in [5.41, 5.74) is 3.04. The molecule has 1 radical (unpaired) electrons. The molecule has 1 nitrogen and oxygen atoms in total. The van der Waals surface area contributed by atoms with Gasteiger partial charge in [0.05, 0.1) is 0 Å². The molecule has 0 fully saturated rings. The summed E-state index contributed by atoms with van der Waals surface area (Å²) in [5, 5.41) is 1.33. The smallest absolute Gasteiger partial charge is 0.0456 e. The molecule has 1 aromatic heterocycles. The number of nitrogens with one attached hydrogen (secondary N) is 1. The lowest BCUT2D eigenvalue weighted by molar-refractivity contribution is 0.279. The van der Waals surface area contributed by atoms with Crippen LogP contribution in [0.15, 0.2) is 30.3 Å². The van der Waals surface area contributed by atoms with E-state index in [1.54, 1.807) is 0 Å². The van der Waals surface area contributed by atoms with Crippen LogP contribution in [0, 0.1) is 11.8 Å². The van der Waals surface area contributed by atoms with Crippen molar-refractivity contribution in [1.82, 2.24) is 4.98 Å². The Morgan fingerprint density at radius 3 is 2.72 bits per heavy atom. The number of H-pyrrole nitrogens is 1. The number of rotatable bonds is 6. The van der Waals surface area contributed by atoms with Gasteiger partial charge in [0.15, 0.2) is 0 Å². The number of unbranched alkanes of at least 4 members (excludes halogenated alkanes) is 1. The molecule has 0 spiro atoms. The summed E-state index contributed by atoms with van der Waals surface area (Å²) in [5.74, 6) is 0. The number of benzene rings is 1. The highest BCUT2D eigenvalue weighted by molar-refractivity contribution is 5.80. The minimum absolute atomic E-state index is 0.410. The van der Waals surface area contributed by atoms with Crippen LogP contribution in [0.4, 0.5) is 0 Å². The van der Waals surface area contributed by atoms with Crippen molar-refractivity contribution < 1.29 is 0 Å². The summed E-state index contributed by atoms with van der Waals surface area (Å²) in [6.45, 7) is 6.86. The maximum atomic E-state index is 3.55. The molecule has 0 bridgehead atoms. The fourth-order valence-corrected chi connectivity index (χ4v) is 2.57. The normalized spacial score (nSPS) is 14.8. The second-order valence-electron chi connectivity index (χ2n) is 5.67.